The van der Waals surface area contributed by atoms with E-state index in [-0.39, 0.29) is 22.7 Å². The van der Waals surface area contributed by atoms with E-state index in [9.17, 15) is 9.59 Å². The summed E-state index contributed by atoms with van der Waals surface area (Å²) >= 11 is 0. The van der Waals surface area contributed by atoms with Crippen molar-refractivity contribution in [3.63, 3.8) is 0 Å². The van der Waals surface area contributed by atoms with Crippen molar-refractivity contribution in [1.29, 1.82) is 0 Å². The molecule has 7 nitrogen and oxygen atoms in total. The van der Waals surface area contributed by atoms with E-state index in [1.165, 1.54) is 0 Å². The SMILES string of the molecule is CC[N+](C)(CC)CCOC(=O)c1ccc(NC(=O)c2ccccc2OCC(C)(C)CC(C)(C)C)cc1.CO. The molecule has 0 atom stereocenters. The van der Waals surface area contributed by atoms with Gasteiger partial charge in [-0.15, -0.1) is 0 Å². The first-order valence-corrected chi connectivity index (χ1v) is 13.4. The fourth-order valence-corrected chi connectivity index (χ4v) is 4.41. The van der Waals surface area contributed by atoms with Crippen molar-refractivity contribution in [1.82, 2.24) is 0 Å². The first-order valence-electron chi connectivity index (χ1n) is 13.4. The minimum atomic E-state index is -0.358. The number of rotatable bonds is 12. The highest BCUT2D eigenvalue weighted by molar-refractivity contribution is 6.06. The number of anilines is 1. The van der Waals surface area contributed by atoms with Gasteiger partial charge in [-0.3, -0.25) is 4.79 Å². The van der Waals surface area contributed by atoms with Crippen LogP contribution in [0.5, 0.6) is 5.75 Å². The van der Waals surface area contributed by atoms with Gasteiger partial charge in [-0.2, -0.15) is 0 Å². The maximum Gasteiger partial charge on any atom is 0.338 e. The van der Waals surface area contributed by atoms with E-state index in [4.69, 9.17) is 14.6 Å². The Kier molecular flexibility index (Phi) is 13.0. The summed E-state index contributed by atoms with van der Waals surface area (Å²) in [5, 5.41) is 9.90. The summed E-state index contributed by atoms with van der Waals surface area (Å²) in [6, 6.07) is 14.0. The number of aliphatic hydroxyl groups excluding tert-OH is 1. The Morgan fingerprint density at radius 2 is 1.50 bits per heavy atom. The maximum atomic E-state index is 13.0. The van der Waals surface area contributed by atoms with Crippen LogP contribution in [0.15, 0.2) is 48.5 Å². The molecule has 38 heavy (non-hydrogen) atoms. The molecule has 0 unspecified atom stereocenters. The van der Waals surface area contributed by atoms with Crippen molar-refractivity contribution < 1.29 is 28.7 Å². The van der Waals surface area contributed by atoms with Gasteiger partial charge in [0.25, 0.3) is 5.91 Å². The number of aliphatic hydroxyl groups is 1. The fourth-order valence-electron chi connectivity index (χ4n) is 4.41. The summed E-state index contributed by atoms with van der Waals surface area (Å²) in [5.41, 5.74) is 1.69. The van der Waals surface area contributed by atoms with Crippen molar-refractivity contribution in [2.75, 3.05) is 52.3 Å². The molecular weight excluding hydrogens is 480 g/mol. The second kappa shape index (κ2) is 14.9. The van der Waals surface area contributed by atoms with Gasteiger partial charge in [-0.05, 0) is 67.5 Å². The molecule has 0 aromatic heterocycles. The van der Waals surface area contributed by atoms with Gasteiger partial charge < -0.3 is 24.4 Å². The molecule has 2 rings (SSSR count). The molecule has 0 spiro atoms. The highest BCUT2D eigenvalue weighted by Gasteiger charge is 2.27. The lowest BCUT2D eigenvalue weighted by Crippen LogP contribution is -2.46. The number of para-hydroxylation sites is 1. The number of amides is 1. The van der Waals surface area contributed by atoms with Crippen LogP contribution in [0, 0.1) is 10.8 Å². The molecule has 0 radical (unpaired) electrons. The number of benzene rings is 2. The van der Waals surface area contributed by atoms with Gasteiger partial charge in [-0.1, -0.05) is 46.8 Å². The molecule has 212 valence electrons. The standard InChI is InChI=1S/C30H44N2O4.CH4O/c1-9-32(8,10-2)19-20-35-28(34)23-15-17-24(18-16-23)31-27(33)25-13-11-12-14-26(25)36-22-30(6,7)21-29(3,4)5;1-2/h11-18H,9-10,19-22H2,1-8H3;2H,1H3/p+1. The fraction of sp³-hybridized carbons (Fsp3) is 0.548. The number of likely N-dealkylation sites (N-methyl/N-ethyl adjacent to an activating group) is 1. The second-order valence-corrected chi connectivity index (χ2v) is 11.8. The van der Waals surface area contributed by atoms with Crippen LogP contribution in [0.2, 0.25) is 0 Å². The number of carbonyl (C=O) groups excluding carboxylic acids is 2. The predicted octanol–water partition coefficient (Wildman–Crippen LogP) is 6.03. The first kappa shape index (κ1) is 33.1. The molecule has 2 aromatic rings. The van der Waals surface area contributed by atoms with Crippen LogP contribution in [0.4, 0.5) is 5.69 Å². The van der Waals surface area contributed by atoms with E-state index in [1.807, 2.05) is 18.2 Å². The van der Waals surface area contributed by atoms with E-state index < -0.39 is 0 Å². The lowest BCUT2D eigenvalue weighted by Gasteiger charge is -2.32. The van der Waals surface area contributed by atoms with Gasteiger partial charge in [0.05, 0.1) is 37.9 Å². The number of nitrogens with one attached hydrogen (secondary N) is 1. The van der Waals surface area contributed by atoms with E-state index >= 15 is 0 Å². The van der Waals surface area contributed by atoms with Gasteiger partial charge in [-0.25, -0.2) is 4.79 Å². The average Bonchev–Trinajstić information content (AvgIpc) is 2.87. The molecule has 7 heteroatoms. The van der Waals surface area contributed by atoms with Gasteiger partial charge >= 0.3 is 5.97 Å². The highest BCUT2D eigenvalue weighted by atomic mass is 16.5. The Balaban J connectivity index is 0.00000352. The first-order chi connectivity index (χ1) is 17.8. The molecule has 1 amide bonds. The van der Waals surface area contributed by atoms with Crippen LogP contribution in [0.1, 0.15) is 75.6 Å². The number of hydrogen-bond acceptors (Lipinski definition) is 5. The number of quaternary nitrogens is 1. The summed E-state index contributed by atoms with van der Waals surface area (Å²) in [5.74, 6) is -0.0595. The summed E-state index contributed by atoms with van der Waals surface area (Å²) in [6.45, 7) is 18.9. The summed E-state index contributed by atoms with van der Waals surface area (Å²) < 4.78 is 12.4. The van der Waals surface area contributed by atoms with Crippen molar-refractivity contribution in [2.24, 2.45) is 10.8 Å². The number of nitrogens with zero attached hydrogens (tertiary/aromatic N) is 1. The zero-order chi connectivity index (χ0) is 29.0. The van der Waals surface area contributed by atoms with E-state index in [0.717, 1.165) is 37.6 Å². The molecule has 0 saturated carbocycles. The molecule has 2 aromatic carbocycles. The number of esters is 1. The lowest BCUT2D eigenvalue weighted by molar-refractivity contribution is -0.906. The molecule has 2 N–H and O–H groups in total. The molecule has 0 fully saturated rings. The van der Waals surface area contributed by atoms with Gasteiger partial charge in [0.2, 0.25) is 0 Å². The number of carbonyl (C=O) groups is 2. The number of ether oxygens (including phenoxy) is 2. The van der Waals surface area contributed by atoms with Gasteiger partial charge in [0.15, 0.2) is 0 Å². The normalized spacial score (nSPS) is 11.7. The van der Waals surface area contributed by atoms with Crippen LogP contribution >= 0.6 is 0 Å². The third-order valence-corrected chi connectivity index (χ3v) is 6.53. The maximum absolute atomic E-state index is 13.0. The van der Waals surface area contributed by atoms with Crippen molar-refractivity contribution >= 4 is 17.6 Å². The Hall–Kier alpha value is -2.90. The smallest absolute Gasteiger partial charge is 0.338 e. The molecule has 0 saturated heterocycles. The van der Waals surface area contributed by atoms with Crippen LogP contribution in [0.3, 0.4) is 0 Å². The van der Waals surface area contributed by atoms with E-state index in [0.29, 0.717) is 35.8 Å². The zero-order valence-electron chi connectivity index (χ0n) is 24.9. The topological polar surface area (TPSA) is 84.9 Å². The predicted molar refractivity (Wildman–Crippen MR) is 155 cm³/mol. The molecule has 0 aliphatic carbocycles. The van der Waals surface area contributed by atoms with E-state index in [2.05, 4.69) is 60.8 Å². The summed E-state index contributed by atoms with van der Waals surface area (Å²) in [7, 11) is 3.15. The highest BCUT2D eigenvalue weighted by Crippen LogP contribution is 2.34. The lowest BCUT2D eigenvalue weighted by atomic mass is 9.77. The third-order valence-electron chi connectivity index (χ3n) is 6.53. The largest absolute Gasteiger partial charge is 0.492 e. The Morgan fingerprint density at radius 3 is 2.05 bits per heavy atom. The zero-order valence-corrected chi connectivity index (χ0v) is 24.9. The summed E-state index contributed by atoms with van der Waals surface area (Å²) in [4.78, 5) is 25.4. The molecule has 0 heterocycles. The minimum absolute atomic E-state index is 0.0308. The third kappa shape index (κ3) is 11.2. The molecule has 0 bridgehead atoms. The van der Waals surface area contributed by atoms with Crippen LogP contribution in [-0.2, 0) is 4.74 Å². The number of hydrogen-bond donors (Lipinski definition) is 2. The molecule has 0 aliphatic rings. The van der Waals surface area contributed by atoms with Crippen molar-refractivity contribution in [2.45, 2.75) is 54.9 Å². The van der Waals surface area contributed by atoms with E-state index in [1.54, 1.807) is 30.3 Å². The Morgan fingerprint density at radius 1 is 0.921 bits per heavy atom. The molecular formula is C31H49N2O5+. The van der Waals surface area contributed by atoms with Gasteiger partial charge in [0, 0.05) is 12.8 Å². The van der Waals surface area contributed by atoms with Crippen LogP contribution < -0.4 is 10.1 Å². The quantitative estimate of drug-likeness (QED) is 0.259. The second-order valence-electron chi connectivity index (χ2n) is 11.8. The monoisotopic (exact) mass is 529 g/mol. The Labute approximate surface area is 229 Å². The Bertz CT molecular complexity index is 1010. The van der Waals surface area contributed by atoms with Crippen LogP contribution in [-0.4, -0.2) is 68.5 Å². The van der Waals surface area contributed by atoms with Crippen molar-refractivity contribution in [3.05, 3.63) is 59.7 Å². The minimum Gasteiger partial charge on any atom is -0.492 e. The average molecular weight is 530 g/mol. The van der Waals surface area contributed by atoms with Crippen LogP contribution in [0.25, 0.3) is 0 Å². The van der Waals surface area contributed by atoms with Crippen molar-refractivity contribution in [3.8, 4) is 5.75 Å². The van der Waals surface area contributed by atoms with Gasteiger partial charge in [0.1, 0.15) is 18.9 Å². The molecule has 0 aliphatic heterocycles. The summed E-state index contributed by atoms with van der Waals surface area (Å²) in [6.07, 6.45) is 0.999.